The molecule has 0 aromatic carbocycles. The van der Waals surface area contributed by atoms with Crippen LogP contribution in [0.4, 0.5) is 0 Å². The molecule has 0 aliphatic heterocycles. The van der Waals surface area contributed by atoms with Crippen molar-refractivity contribution < 1.29 is 0 Å². The number of aryl methyl sites for hydroxylation is 1. The van der Waals surface area contributed by atoms with Gasteiger partial charge in [0.1, 0.15) is 0 Å². The van der Waals surface area contributed by atoms with Crippen molar-refractivity contribution in [3.8, 4) is 0 Å². The Morgan fingerprint density at radius 1 is 1.50 bits per heavy atom. The number of hydrogen-bond donors (Lipinski definition) is 1. The average Bonchev–Trinajstić information content (AvgIpc) is 2.73. The van der Waals surface area contributed by atoms with Gasteiger partial charge >= 0.3 is 0 Å². The molecule has 4 heteroatoms. The van der Waals surface area contributed by atoms with Gasteiger partial charge in [-0.15, -0.1) is 5.10 Å². The first-order valence-electron chi connectivity index (χ1n) is 6.39. The molecule has 1 aromatic rings. The van der Waals surface area contributed by atoms with Crippen LogP contribution in [0.3, 0.4) is 0 Å². The Hall–Kier alpha value is -0.900. The normalized spacial score (nSPS) is 25.9. The number of nitrogens with zero attached hydrogens (tertiary/aromatic N) is 3. The highest BCUT2D eigenvalue weighted by Gasteiger charge is 2.24. The predicted molar refractivity (Wildman–Crippen MR) is 64.3 cm³/mol. The molecule has 2 rings (SSSR count). The van der Waals surface area contributed by atoms with E-state index in [0.717, 1.165) is 6.54 Å². The lowest BCUT2D eigenvalue weighted by molar-refractivity contribution is 0.331. The SMILES string of the molecule is CCCNC1CCCC(c2cnnn2C)C1. The summed E-state index contributed by atoms with van der Waals surface area (Å²) in [6.45, 7) is 3.36. The zero-order valence-electron chi connectivity index (χ0n) is 10.3. The minimum atomic E-state index is 0.642. The second kappa shape index (κ2) is 5.43. The van der Waals surface area contributed by atoms with Crippen LogP contribution in [-0.2, 0) is 7.05 Å². The van der Waals surface area contributed by atoms with E-state index in [1.54, 1.807) is 0 Å². The van der Waals surface area contributed by atoms with E-state index in [-0.39, 0.29) is 0 Å². The van der Waals surface area contributed by atoms with E-state index in [0.29, 0.717) is 12.0 Å². The molecule has 2 atom stereocenters. The smallest absolute Gasteiger partial charge is 0.0727 e. The molecule has 0 spiro atoms. The summed E-state index contributed by atoms with van der Waals surface area (Å²) >= 11 is 0. The molecule has 1 fully saturated rings. The summed E-state index contributed by atoms with van der Waals surface area (Å²) in [6, 6.07) is 0.689. The molecule has 1 aliphatic carbocycles. The lowest BCUT2D eigenvalue weighted by Gasteiger charge is -2.29. The van der Waals surface area contributed by atoms with Crippen molar-refractivity contribution >= 4 is 0 Å². The molecular weight excluding hydrogens is 200 g/mol. The van der Waals surface area contributed by atoms with Gasteiger partial charge in [-0.05, 0) is 32.2 Å². The monoisotopic (exact) mass is 222 g/mol. The van der Waals surface area contributed by atoms with Crippen molar-refractivity contribution in [2.45, 2.75) is 51.0 Å². The molecule has 0 saturated heterocycles. The predicted octanol–water partition coefficient (Wildman–Crippen LogP) is 1.84. The second-order valence-electron chi connectivity index (χ2n) is 4.80. The van der Waals surface area contributed by atoms with Gasteiger partial charge in [0.25, 0.3) is 0 Å². The molecule has 16 heavy (non-hydrogen) atoms. The molecule has 0 amide bonds. The molecule has 2 unspecified atom stereocenters. The molecule has 0 bridgehead atoms. The van der Waals surface area contributed by atoms with Crippen LogP contribution in [0, 0.1) is 0 Å². The fourth-order valence-electron chi connectivity index (χ4n) is 2.66. The van der Waals surface area contributed by atoms with Crippen molar-refractivity contribution in [2.24, 2.45) is 7.05 Å². The molecule has 1 N–H and O–H groups in total. The van der Waals surface area contributed by atoms with Crippen LogP contribution in [0.5, 0.6) is 0 Å². The van der Waals surface area contributed by atoms with E-state index in [1.807, 2.05) is 17.9 Å². The Morgan fingerprint density at radius 2 is 2.38 bits per heavy atom. The van der Waals surface area contributed by atoms with Gasteiger partial charge in [0.2, 0.25) is 0 Å². The highest BCUT2D eigenvalue weighted by atomic mass is 15.4. The summed E-state index contributed by atoms with van der Waals surface area (Å²) in [7, 11) is 1.99. The molecule has 1 heterocycles. The number of aromatic nitrogens is 3. The standard InChI is InChI=1S/C12H22N4/c1-3-7-13-11-6-4-5-10(8-11)12-9-14-15-16(12)2/h9-11,13H,3-8H2,1-2H3. The third kappa shape index (κ3) is 2.61. The van der Waals surface area contributed by atoms with Crippen molar-refractivity contribution in [3.05, 3.63) is 11.9 Å². The Morgan fingerprint density at radius 3 is 3.06 bits per heavy atom. The number of nitrogens with one attached hydrogen (secondary N) is 1. The van der Waals surface area contributed by atoms with Crippen molar-refractivity contribution in [2.75, 3.05) is 6.54 Å². The average molecular weight is 222 g/mol. The zero-order valence-corrected chi connectivity index (χ0v) is 10.3. The Kier molecular flexibility index (Phi) is 3.93. The summed E-state index contributed by atoms with van der Waals surface area (Å²) in [5.41, 5.74) is 1.29. The Bertz CT molecular complexity index is 321. The minimum absolute atomic E-state index is 0.642. The van der Waals surface area contributed by atoms with Crippen LogP contribution in [0.1, 0.15) is 50.6 Å². The van der Waals surface area contributed by atoms with Crippen LogP contribution in [0.15, 0.2) is 6.20 Å². The molecule has 4 nitrogen and oxygen atoms in total. The molecule has 90 valence electrons. The van der Waals surface area contributed by atoms with Crippen LogP contribution in [0.2, 0.25) is 0 Å². The van der Waals surface area contributed by atoms with E-state index in [1.165, 1.54) is 37.8 Å². The third-order valence-electron chi connectivity index (χ3n) is 3.52. The van der Waals surface area contributed by atoms with E-state index < -0.39 is 0 Å². The van der Waals surface area contributed by atoms with Crippen LogP contribution >= 0.6 is 0 Å². The van der Waals surface area contributed by atoms with Crippen LogP contribution in [-0.4, -0.2) is 27.6 Å². The Balaban J connectivity index is 1.94. The summed E-state index contributed by atoms with van der Waals surface area (Å²) in [5, 5.41) is 11.6. The summed E-state index contributed by atoms with van der Waals surface area (Å²) < 4.78 is 1.92. The maximum atomic E-state index is 4.03. The first kappa shape index (κ1) is 11.6. The third-order valence-corrected chi connectivity index (χ3v) is 3.52. The van der Waals surface area contributed by atoms with Gasteiger partial charge < -0.3 is 5.32 Å². The van der Waals surface area contributed by atoms with Gasteiger partial charge in [0.15, 0.2) is 0 Å². The summed E-state index contributed by atoms with van der Waals surface area (Å²) in [6.07, 6.45) is 8.30. The van der Waals surface area contributed by atoms with Crippen LogP contribution < -0.4 is 5.32 Å². The lowest BCUT2D eigenvalue weighted by atomic mass is 9.84. The number of rotatable bonds is 4. The van der Waals surface area contributed by atoms with Gasteiger partial charge in [0, 0.05) is 19.0 Å². The van der Waals surface area contributed by atoms with E-state index in [2.05, 4.69) is 22.6 Å². The highest BCUT2D eigenvalue weighted by molar-refractivity contribution is 5.05. The molecule has 1 aromatic heterocycles. The lowest BCUT2D eigenvalue weighted by Crippen LogP contribution is -2.34. The maximum absolute atomic E-state index is 4.03. The van der Waals surface area contributed by atoms with E-state index in [4.69, 9.17) is 0 Å². The fraction of sp³-hybridized carbons (Fsp3) is 0.833. The summed E-state index contributed by atoms with van der Waals surface area (Å²) in [5.74, 6) is 0.642. The quantitative estimate of drug-likeness (QED) is 0.845. The summed E-state index contributed by atoms with van der Waals surface area (Å²) in [4.78, 5) is 0. The van der Waals surface area contributed by atoms with Gasteiger partial charge in [-0.2, -0.15) is 0 Å². The van der Waals surface area contributed by atoms with Gasteiger partial charge in [-0.1, -0.05) is 18.6 Å². The maximum Gasteiger partial charge on any atom is 0.0727 e. The van der Waals surface area contributed by atoms with Crippen molar-refractivity contribution in [3.63, 3.8) is 0 Å². The molecule has 1 aliphatic rings. The second-order valence-corrected chi connectivity index (χ2v) is 4.80. The molecule has 0 radical (unpaired) electrons. The van der Waals surface area contributed by atoms with Crippen LogP contribution in [0.25, 0.3) is 0 Å². The highest BCUT2D eigenvalue weighted by Crippen LogP contribution is 2.32. The van der Waals surface area contributed by atoms with E-state index >= 15 is 0 Å². The first-order valence-corrected chi connectivity index (χ1v) is 6.39. The van der Waals surface area contributed by atoms with Gasteiger partial charge in [-0.3, -0.25) is 4.68 Å². The first-order chi connectivity index (χ1) is 7.81. The zero-order chi connectivity index (χ0) is 11.4. The number of hydrogen-bond acceptors (Lipinski definition) is 3. The minimum Gasteiger partial charge on any atom is -0.314 e. The molecule has 1 saturated carbocycles. The van der Waals surface area contributed by atoms with Crippen molar-refractivity contribution in [1.29, 1.82) is 0 Å². The molecular formula is C12H22N4. The topological polar surface area (TPSA) is 42.7 Å². The Labute approximate surface area is 97.4 Å². The fourth-order valence-corrected chi connectivity index (χ4v) is 2.66. The van der Waals surface area contributed by atoms with Gasteiger partial charge in [0.05, 0.1) is 11.9 Å². The van der Waals surface area contributed by atoms with Crippen molar-refractivity contribution in [1.82, 2.24) is 20.3 Å². The van der Waals surface area contributed by atoms with E-state index in [9.17, 15) is 0 Å². The van der Waals surface area contributed by atoms with Gasteiger partial charge in [-0.25, -0.2) is 0 Å². The largest absolute Gasteiger partial charge is 0.314 e.